The summed E-state index contributed by atoms with van der Waals surface area (Å²) in [6.45, 7) is 0. The fraction of sp³-hybridized carbons (Fsp3) is 0. The van der Waals surface area contributed by atoms with E-state index < -0.39 is 24.1 Å². The molecule has 1 aliphatic heterocycles. The molecule has 56 valence electrons. The predicted octanol–water partition coefficient (Wildman–Crippen LogP) is 0.502. The molecule has 0 aliphatic carbocycles. The molecule has 0 atom stereocenters. The molecule has 0 unspecified atom stereocenters. The SMILES string of the molecule is O=C1[O][BiH][O]c2ccccc21. The van der Waals surface area contributed by atoms with Crippen molar-refractivity contribution in [2.75, 3.05) is 0 Å². The molecule has 0 fully saturated rings. The molecule has 2 rings (SSSR count). The van der Waals surface area contributed by atoms with Crippen LogP contribution in [0.1, 0.15) is 10.4 Å². The van der Waals surface area contributed by atoms with E-state index in [1.54, 1.807) is 18.2 Å². The van der Waals surface area contributed by atoms with Gasteiger partial charge in [0.2, 0.25) is 0 Å². The van der Waals surface area contributed by atoms with Crippen LogP contribution in [0.4, 0.5) is 0 Å². The van der Waals surface area contributed by atoms with Gasteiger partial charge in [0.05, 0.1) is 0 Å². The van der Waals surface area contributed by atoms with Gasteiger partial charge in [-0.2, -0.15) is 0 Å². The van der Waals surface area contributed by atoms with Crippen molar-refractivity contribution in [3.05, 3.63) is 29.8 Å². The Morgan fingerprint density at radius 2 is 2.00 bits per heavy atom. The van der Waals surface area contributed by atoms with E-state index in [2.05, 4.69) is 0 Å². The minimum absolute atomic E-state index is 0.227. The average molecular weight is 346 g/mol. The average Bonchev–Trinajstić information content (AvgIpc) is 2.06. The summed E-state index contributed by atoms with van der Waals surface area (Å²) >= 11 is -1.55. The van der Waals surface area contributed by atoms with Gasteiger partial charge in [0, 0.05) is 0 Å². The summed E-state index contributed by atoms with van der Waals surface area (Å²) in [5.74, 6) is 0.460. The second-order valence-corrected chi connectivity index (χ2v) is 4.31. The summed E-state index contributed by atoms with van der Waals surface area (Å²) in [5.41, 5.74) is 0.547. The van der Waals surface area contributed by atoms with Gasteiger partial charge in [-0.3, -0.25) is 0 Å². The van der Waals surface area contributed by atoms with Gasteiger partial charge in [-0.25, -0.2) is 0 Å². The molecule has 0 N–H and O–H groups in total. The van der Waals surface area contributed by atoms with E-state index in [1.807, 2.05) is 6.07 Å². The number of hydrogen-bond acceptors (Lipinski definition) is 3. The normalized spacial score (nSPS) is 14.7. The molecule has 4 heteroatoms. The number of para-hydroxylation sites is 1. The molecule has 0 aromatic heterocycles. The second kappa shape index (κ2) is 2.78. The molecule has 0 saturated carbocycles. The Morgan fingerprint density at radius 3 is 2.82 bits per heavy atom. The van der Waals surface area contributed by atoms with Crippen molar-refractivity contribution in [1.82, 2.24) is 0 Å². The van der Waals surface area contributed by atoms with Crippen LogP contribution < -0.4 is 2.81 Å². The van der Waals surface area contributed by atoms with Crippen molar-refractivity contribution >= 4 is 30.1 Å². The predicted molar refractivity (Wildman–Crippen MR) is 39.6 cm³/mol. The molecule has 1 aliphatic rings. The third kappa shape index (κ3) is 1.23. The fourth-order valence-electron chi connectivity index (χ4n) is 0.883. The van der Waals surface area contributed by atoms with Crippen LogP contribution in [0.25, 0.3) is 0 Å². The van der Waals surface area contributed by atoms with Crippen LogP contribution in [0, 0.1) is 0 Å². The van der Waals surface area contributed by atoms with Crippen molar-refractivity contribution in [3.63, 3.8) is 0 Å². The number of benzene rings is 1. The van der Waals surface area contributed by atoms with Crippen LogP contribution in [0.15, 0.2) is 24.3 Å². The fourth-order valence-corrected chi connectivity index (χ4v) is 2.81. The number of rotatable bonds is 0. The van der Waals surface area contributed by atoms with Crippen LogP contribution in [0.2, 0.25) is 0 Å². The third-order valence-electron chi connectivity index (χ3n) is 1.39. The zero-order valence-electron chi connectivity index (χ0n) is 5.53. The van der Waals surface area contributed by atoms with Crippen LogP contribution in [-0.4, -0.2) is 30.1 Å². The third-order valence-corrected chi connectivity index (χ3v) is 3.62. The van der Waals surface area contributed by atoms with Crippen molar-refractivity contribution in [2.45, 2.75) is 0 Å². The number of hydrogen-bond donors (Lipinski definition) is 0. The van der Waals surface area contributed by atoms with E-state index in [1.165, 1.54) is 0 Å². The van der Waals surface area contributed by atoms with Gasteiger partial charge in [-0.1, -0.05) is 0 Å². The van der Waals surface area contributed by atoms with Gasteiger partial charge in [0.1, 0.15) is 0 Å². The quantitative estimate of drug-likeness (QED) is 0.642. The molecule has 11 heavy (non-hydrogen) atoms. The molecule has 1 aromatic rings. The first-order valence-electron chi connectivity index (χ1n) is 3.10. The first kappa shape index (κ1) is 7.05. The zero-order chi connectivity index (χ0) is 7.68. The van der Waals surface area contributed by atoms with Crippen molar-refractivity contribution in [2.24, 2.45) is 0 Å². The van der Waals surface area contributed by atoms with E-state index >= 15 is 0 Å². The monoisotopic (exact) mass is 346 g/mol. The number of carbonyl (C=O) groups is 1. The summed E-state index contributed by atoms with van der Waals surface area (Å²) in [6.07, 6.45) is 0. The van der Waals surface area contributed by atoms with Crippen molar-refractivity contribution in [3.8, 4) is 5.75 Å². The first-order valence-corrected chi connectivity index (χ1v) is 6.27. The Kier molecular flexibility index (Phi) is 1.78. The maximum absolute atomic E-state index is 11.0. The van der Waals surface area contributed by atoms with E-state index in [-0.39, 0.29) is 5.97 Å². The molecule has 0 spiro atoms. The van der Waals surface area contributed by atoms with Crippen LogP contribution in [0.5, 0.6) is 5.75 Å². The van der Waals surface area contributed by atoms with Gasteiger partial charge in [-0.15, -0.1) is 0 Å². The number of carbonyl (C=O) groups excluding carboxylic acids is 1. The van der Waals surface area contributed by atoms with E-state index in [0.717, 1.165) is 0 Å². The summed E-state index contributed by atoms with van der Waals surface area (Å²) < 4.78 is 10.1. The van der Waals surface area contributed by atoms with Crippen LogP contribution >= 0.6 is 0 Å². The van der Waals surface area contributed by atoms with Gasteiger partial charge >= 0.3 is 76.1 Å². The van der Waals surface area contributed by atoms with Gasteiger partial charge in [0.25, 0.3) is 0 Å². The summed E-state index contributed by atoms with van der Waals surface area (Å²) in [7, 11) is 0. The number of fused-ring (bicyclic) bond motifs is 1. The Morgan fingerprint density at radius 1 is 1.18 bits per heavy atom. The van der Waals surface area contributed by atoms with Crippen molar-refractivity contribution in [1.29, 1.82) is 0 Å². The second-order valence-electron chi connectivity index (χ2n) is 2.07. The Hall–Kier alpha value is -0.627. The molecular weight excluding hydrogens is 341 g/mol. The molecule has 0 amide bonds. The molecule has 0 saturated heterocycles. The Balaban J connectivity index is 2.52. The first-order chi connectivity index (χ1) is 5.38. The van der Waals surface area contributed by atoms with Crippen LogP contribution in [-0.2, 0) is 2.81 Å². The van der Waals surface area contributed by atoms with Gasteiger partial charge in [0.15, 0.2) is 0 Å². The molecule has 3 nitrogen and oxygen atoms in total. The topological polar surface area (TPSA) is 35.5 Å². The van der Waals surface area contributed by atoms with Gasteiger partial charge < -0.3 is 0 Å². The Labute approximate surface area is 76.1 Å². The molecule has 1 aromatic carbocycles. The zero-order valence-corrected chi connectivity index (χ0v) is 9.42. The maximum atomic E-state index is 11.0. The summed E-state index contributed by atoms with van der Waals surface area (Å²) in [6, 6.07) is 7.15. The minimum atomic E-state index is -1.55. The standard InChI is InChI=1S/C7H6O3.Bi.H/c8-6-4-2-1-3-5(6)7(9)10;;/h1-4,8H,(H,9,10);;/q;+2;/p-2. The van der Waals surface area contributed by atoms with E-state index in [9.17, 15) is 4.79 Å². The van der Waals surface area contributed by atoms with Gasteiger partial charge in [-0.05, 0) is 0 Å². The molecular formula is C7H5BiO3. The van der Waals surface area contributed by atoms with Crippen molar-refractivity contribution < 1.29 is 10.4 Å². The van der Waals surface area contributed by atoms with E-state index in [0.29, 0.717) is 11.3 Å². The molecule has 0 bridgehead atoms. The Bertz CT molecular complexity index is 297. The van der Waals surface area contributed by atoms with Crippen LogP contribution in [0.3, 0.4) is 0 Å². The summed E-state index contributed by atoms with van der Waals surface area (Å²) in [5, 5.41) is 0. The summed E-state index contributed by atoms with van der Waals surface area (Å²) in [4.78, 5) is 11.0. The molecule has 0 radical (unpaired) electrons. The van der Waals surface area contributed by atoms with E-state index in [4.69, 9.17) is 5.63 Å². The molecule has 1 heterocycles.